The molecule has 0 atom stereocenters. The number of halogens is 3. The van der Waals surface area contributed by atoms with Crippen molar-refractivity contribution in [2.75, 3.05) is 17.2 Å². The average molecular weight is 391 g/mol. The highest BCUT2D eigenvalue weighted by Gasteiger charge is 2.30. The Morgan fingerprint density at radius 1 is 1.14 bits per heavy atom. The van der Waals surface area contributed by atoms with E-state index in [1.807, 2.05) is 6.92 Å². The van der Waals surface area contributed by atoms with Crippen molar-refractivity contribution in [3.63, 3.8) is 0 Å². The molecule has 2 aromatic carbocycles. The minimum Gasteiger partial charge on any atom is -0.380 e. The third kappa shape index (κ3) is 4.11. The lowest BCUT2D eigenvalue weighted by Gasteiger charge is -2.12. The first kappa shape index (κ1) is 19.3. The van der Waals surface area contributed by atoms with Crippen LogP contribution in [0.3, 0.4) is 0 Å². The van der Waals surface area contributed by atoms with Crippen molar-refractivity contribution in [2.24, 2.45) is 0 Å². The van der Waals surface area contributed by atoms with Crippen molar-refractivity contribution in [3.8, 4) is 0 Å². The number of hydrogen-bond acceptors (Lipinski definition) is 6. The SMILES string of the molecule is CCNc1cc2ncnc(NCc3cccc(C(F)(F)F)c3)c2cc1[N+](=O)[O-]. The summed E-state index contributed by atoms with van der Waals surface area (Å²) in [5.41, 5.74) is 0.336. The highest BCUT2D eigenvalue weighted by molar-refractivity contribution is 5.94. The number of anilines is 2. The summed E-state index contributed by atoms with van der Waals surface area (Å²) >= 11 is 0. The summed E-state index contributed by atoms with van der Waals surface area (Å²) < 4.78 is 38.5. The standard InChI is InChI=1S/C18H16F3N5O2/c1-2-22-15-8-14-13(7-16(15)26(27)28)17(25-10-24-14)23-9-11-4-3-5-12(6-11)18(19,20)21/h3-8,10,22H,2,9H2,1H3,(H,23,24,25). The molecule has 0 radical (unpaired) electrons. The summed E-state index contributed by atoms with van der Waals surface area (Å²) in [6.07, 6.45) is -3.14. The molecule has 10 heteroatoms. The molecule has 2 N–H and O–H groups in total. The maximum Gasteiger partial charge on any atom is 0.416 e. The van der Waals surface area contributed by atoms with Gasteiger partial charge in [0.15, 0.2) is 0 Å². The number of rotatable bonds is 6. The molecule has 146 valence electrons. The Balaban J connectivity index is 1.93. The molecule has 0 saturated carbocycles. The summed E-state index contributed by atoms with van der Waals surface area (Å²) in [7, 11) is 0. The lowest BCUT2D eigenvalue weighted by atomic mass is 10.1. The van der Waals surface area contributed by atoms with Crippen LogP contribution in [0.15, 0.2) is 42.7 Å². The molecule has 0 aliphatic heterocycles. The predicted molar refractivity (Wildman–Crippen MR) is 99.1 cm³/mol. The third-order valence-corrected chi connectivity index (χ3v) is 4.03. The van der Waals surface area contributed by atoms with Crippen molar-refractivity contribution >= 4 is 28.1 Å². The van der Waals surface area contributed by atoms with Crippen molar-refractivity contribution in [2.45, 2.75) is 19.6 Å². The first-order valence-electron chi connectivity index (χ1n) is 8.36. The molecule has 28 heavy (non-hydrogen) atoms. The van der Waals surface area contributed by atoms with E-state index in [2.05, 4.69) is 20.6 Å². The number of fused-ring (bicyclic) bond motifs is 1. The molecule has 0 aliphatic carbocycles. The van der Waals surface area contributed by atoms with Crippen LogP contribution < -0.4 is 10.6 Å². The average Bonchev–Trinajstić information content (AvgIpc) is 2.65. The van der Waals surface area contributed by atoms with E-state index < -0.39 is 16.7 Å². The van der Waals surface area contributed by atoms with Gasteiger partial charge in [-0.05, 0) is 30.7 Å². The molecule has 0 saturated heterocycles. The van der Waals surface area contributed by atoms with Crippen molar-refractivity contribution in [1.82, 2.24) is 9.97 Å². The Labute approximate surface area is 157 Å². The maximum atomic E-state index is 12.8. The number of alkyl halides is 3. The van der Waals surface area contributed by atoms with Crippen LogP contribution in [0.5, 0.6) is 0 Å². The van der Waals surface area contributed by atoms with E-state index in [1.54, 1.807) is 12.1 Å². The van der Waals surface area contributed by atoms with Crippen LogP contribution in [-0.4, -0.2) is 21.4 Å². The molecule has 0 amide bonds. The molecule has 7 nitrogen and oxygen atoms in total. The van der Waals surface area contributed by atoms with Crippen LogP contribution in [0.25, 0.3) is 10.9 Å². The maximum absolute atomic E-state index is 12.8. The number of benzene rings is 2. The van der Waals surface area contributed by atoms with Gasteiger partial charge in [-0.25, -0.2) is 9.97 Å². The summed E-state index contributed by atoms with van der Waals surface area (Å²) in [6, 6.07) is 7.82. The van der Waals surface area contributed by atoms with E-state index in [0.717, 1.165) is 12.1 Å². The molecule has 0 bridgehead atoms. The normalized spacial score (nSPS) is 11.4. The smallest absolute Gasteiger partial charge is 0.380 e. The van der Waals surface area contributed by atoms with Gasteiger partial charge in [-0.15, -0.1) is 0 Å². The fourth-order valence-electron chi connectivity index (χ4n) is 2.76. The van der Waals surface area contributed by atoms with E-state index in [9.17, 15) is 23.3 Å². The number of hydrogen-bond donors (Lipinski definition) is 2. The third-order valence-electron chi connectivity index (χ3n) is 4.03. The molecule has 3 rings (SSSR count). The summed E-state index contributed by atoms with van der Waals surface area (Å²) in [4.78, 5) is 19.1. The van der Waals surface area contributed by atoms with Crippen molar-refractivity contribution in [3.05, 3.63) is 64.0 Å². The molecular formula is C18H16F3N5O2. The van der Waals surface area contributed by atoms with E-state index in [-0.39, 0.29) is 12.2 Å². The van der Waals surface area contributed by atoms with Gasteiger partial charge in [-0.1, -0.05) is 12.1 Å². The Hall–Kier alpha value is -3.43. The minimum atomic E-state index is -4.43. The zero-order chi connectivity index (χ0) is 20.3. The monoisotopic (exact) mass is 391 g/mol. The van der Waals surface area contributed by atoms with Crippen LogP contribution >= 0.6 is 0 Å². The van der Waals surface area contributed by atoms with E-state index in [4.69, 9.17) is 0 Å². The first-order valence-corrected chi connectivity index (χ1v) is 8.36. The quantitative estimate of drug-likeness (QED) is 0.471. The van der Waals surface area contributed by atoms with Crippen LogP contribution in [-0.2, 0) is 12.7 Å². The Bertz CT molecular complexity index is 1020. The van der Waals surface area contributed by atoms with Gasteiger partial charge in [0.2, 0.25) is 0 Å². The number of nitro benzene ring substituents is 1. The molecule has 0 spiro atoms. The molecule has 0 fully saturated rings. The van der Waals surface area contributed by atoms with Crippen molar-refractivity contribution in [1.29, 1.82) is 0 Å². The Morgan fingerprint density at radius 3 is 2.61 bits per heavy atom. The zero-order valence-corrected chi connectivity index (χ0v) is 14.7. The van der Waals surface area contributed by atoms with E-state index in [1.165, 1.54) is 18.5 Å². The minimum absolute atomic E-state index is 0.0682. The van der Waals surface area contributed by atoms with Gasteiger partial charge in [0.25, 0.3) is 5.69 Å². The summed E-state index contributed by atoms with van der Waals surface area (Å²) in [6.45, 7) is 2.38. The molecule has 3 aromatic rings. The second-order valence-electron chi connectivity index (χ2n) is 5.95. The lowest BCUT2D eigenvalue weighted by molar-refractivity contribution is -0.383. The van der Waals surface area contributed by atoms with E-state index >= 15 is 0 Å². The van der Waals surface area contributed by atoms with Gasteiger partial charge >= 0.3 is 6.18 Å². The second-order valence-corrected chi connectivity index (χ2v) is 5.95. The molecule has 1 heterocycles. The van der Waals surface area contributed by atoms with Gasteiger partial charge < -0.3 is 10.6 Å². The predicted octanol–water partition coefficient (Wildman–Crippen LogP) is 4.60. The first-order chi connectivity index (χ1) is 13.3. The van der Waals surface area contributed by atoms with Gasteiger partial charge in [-0.2, -0.15) is 13.2 Å². The van der Waals surface area contributed by atoms with Crippen LogP contribution in [0.1, 0.15) is 18.1 Å². The Morgan fingerprint density at radius 2 is 1.93 bits per heavy atom. The van der Waals surface area contributed by atoms with Crippen molar-refractivity contribution < 1.29 is 18.1 Å². The zero-order valence-electron chi connectivity index (χ0n) is 14.7. The van der Waals surface area contributed by atoms with Gasteiger partial charge in [-0.3, -0.25) is 10.1 Å². The second kappa shape index (κ2) is 7.67. The summed E-state index contributed by atoms with van der Waals surface area (Å²) in [5.74, 6) is 0.300. The fourth-order valence-corrected chi connectivity index (χ4v) is 2.76. The topological polar surface area (TPSA) is 93.0 Å². The molecular weight excluding hydrogens is 375 g/mol. The fraction of sp³-hybridized carbons (Fsp3) is 0.222. The Kier molecular flexibility index (Phi) is 5.30. The number of nitro groups is 1. The van der Waals surface area contributed by atoms with Gasteiger partial charge in [0, 0.05) is 24.5 Å². The van der Waals surface area contributed by atoms with Gasteiger partial charge in [0.05, 0.1) is 16.0 Å². The molecule has 0 unspecified atom stereocenters. The van der Waals surface area contributed by atoms with Crippen LogP contribution in [0, 0.1) is 10.1 Å². The van der Waals surface area contributed by atoms with Crippen LogP contribution in [0.2, 0.25) is 0 Å². The largest absolute Gasteiger partial charge is 0.416 e. The van der Waals surface area contributed by atoms with E-state index in [0.29, 0.717) is 34.5 Å². The highest BCUT2D eigenvalue weighted by atomic mass is 19.4. The van der Waals surface area contributed by atoms with Crippen LogP contribution in [0.4, 0.5) is 30.4 Å². The molecule has 1 aromatic heterocycles. The molecule has 0 aliphatic rings. The number of nitrogens with zero attached hydrogens (tertiary/aromatic N) is 3. The highest BCUT2D eigenvalue weighted by Crippen LogP contribution is 2.32. The van der Waals surface area contributed by atoms with Gasteiger partial charge in [0.1, 0.15) is 17.8 Å². The number of nitrogens with one attached hydrogen (secondary N) is 2. The lowest BCUT2D eigenvalue weighted by Crippen LogP contribution is -2.08. The number of aromatic nitrogens is 2. The summed E-state index contributed by atoms with van der Waals surface area (Å²) in [5, 5.41) is 17.6.